The summed E-state index contributed by atoms with van der Waals surface area (Å²) in [4.78, 5) is 7.78. The Balaban J connectivity index is 2.10. The Morgan fingerprint density at radius 1 is 1.64 bits per heavy atom. The van der Waals surface area contributed by atoms with Crippen LogP contribution in [0.2, 0.25) is 5.28 Å². The molecular weight excluding hydrogens is 271 g/mol. The fourth-order valence-electron chi connectivity index (χ4n) is 1.18. The molecule has 0 saturated carbocycles. The van der Waals surface area contributed by atoms with Crippen LogP contribution in [-0.2, 0) is 4.74 Å². The first kappa shape index (κ1) is 10.1. The zero-order valence-electron chi connectivity index (χ0n) is 7.24. The van der Waals surface area contributed by atoms with Crippen LogP contribution in [0.1, 0.15) is 6.42 Å². The molecule has 1 aromatic heterocycles. The zero-order valence-corrected chi connectivity index (χ0v) is 9.58. The topological polar surface area (TPSA) is 44.2 Å². The number of ether oxygens (including phenoxy) is 2. The lowest BCUT2D eigenvalue weighted by Crippen LogP contribution is -2.16. The quantitative estimate of drug-likeness (QED) is 0.777. The highest BCUT2D eigenvalue weighted by Gasteiger charge is 2.19. The number of rotatable bonds is 2. The standard InChI is InChI=1S/C8H8BrClN2O2/c9-6-3-11-8(10)12-7(6)14-5-1-2-13-4-5/h3,5H,1-2,4H2. The molecule has 0 amide bonds. The van der Waals surface area contributed by atoms with E-state index in [0.29, 0.717) is 17.0 Å². The lowest BCUT2D eigenvalue weighted by Gasteiger charge is -2.11. The van der Waals surface area contributed by atoms with Crippen LogP contribution in [0.5, 0.6) is 5.88 Å². The average molecular weight is 280 g/mol. The van der Waals surface area contributed by atoms with Gasteiger partial charge in [-0.2, -0.15) is 4.98 Å². The average Bonchev–Trinajstić information content (AvgIpc) is 2.64. The Kier molecular flexibility index (Phi) is 3.20. The van der Waals surface area contributed by atoms with Crippen LogP contribution < -0.4 is 4.74 Å². The van der Waals surface area contributed by atoms with E-state index in [-0.39, 0.29) is 11.4 Å². The van der Waals surface area contributed by atoms with E-state index >= 15 is 0 Å². The molecule has 14 heavy (non-hydrogen) atoms. The fourth-order valence-corrected chi connectivity index (χ4v) is 1.59. The van der Waals surface area contributed by atoms with Crippen molar-refractivity contribution in [3.8, 4) is 5.88 Å². The Morgan fingerprint density at radius 3 is 3.21 bits per heavy atom. The van der Waals surface area contributed by atoms with Gasteiger partial charge in [0.15, 0.2) is 0 Å². The van der Waals surface area contributed by atoms with Gasteiger partial charge in [0.25, 0.3) is 0 Å². The van der Waals surface area contributed by atoms with Gasteiger partial charge in [-0.3, -0.25) is 0 Å². The molecule has 1 fully saturated rings. The summed E-state index contributed by atoms with van der Waals surface area (Å²) in [7, 11) is 0. The monoisotopic (exact) mass is 278 g/mol. The maximum absolute atomic E-state index is 5.65. The highest BCUT2D eigenvalue weighted by molar-refractivity contribution is 9.10. The molecule has 76 valence electrons. The summed E-state index contributed by atoms with van der Waals surface area (Å²) < 4.78 is 11.5. The first-order chi connectivity index (χ1) is 6.75. The van der Waals surface area contributed by atoms with Crippen molar-refractivity contribution in [1.29, 1.82) is 0 Å². The molecule has 0 N–H and O–H groups in total. The molecule has 0 spiro atoms. The van der Waals surface area contributed by atoms with Crippen molar-refractivity contribution in [1.82, 2.24) is 9.97 Å². The van der Waals surface area contributed by atoms with E-state index in [2.05, 4.69) is 25.9 Å². The van der Waals surface area contributed by atoms with Crippen molar-refractivity contribution >= 4 is 27.5 Å². The van der Waals surface area contributed by atoms with E-state index < -0.39 is 0 Å². The maximum Gasteiger partial charge on any atom is 0.232 e. The van der Waals surface area contributed by atoms with Gasteiger partial charge in [-0.15, -0.1) is 0 Å². The van der Waals surface area contributed by atoms with Gasteiger partial charge in [0.1, 0.15) is 6.10 Å². The summed E-state index contributed by atoms with van der Waals surface area (Å²) in [6, 6.07) is 0. The Bertz CT molecular complexity index is 331. The van der Waals surface area contributed by atoms with Crippen molar-refractivity contribution in [2.75, 3.05) is 13.2 Å². The maximum atomic E-state index is 5.65. The number of hydrogen-bond donors (Lipinski definition) is 0. The second kappa shape index (κ2) is 4.42. The third-order valence-corrected chi connectivity index (χ3v) is 2.57. The van der Waals surface area contributed by atoms with Crippen LogP contribution in [0.4, 0.5) is 0 Å². The number of nitrogens with zero attached hydrogens (tertiary/aromatic N) is 2. The molecule has 0 bridgehead atoms. The Morgan fingerprint density at radius 2 is 2.50 bits per heavy atom. The molecule has 0 aromatic carbocycles. The molecule has 0 aliphatic carbocycles. The first-order valence-corrected chi connectivity index (χ1v) is 5.35. The van der Waals surface area contributed by atoms with E-state index in [0.717, 1.165) is 13.0 Å². The second-order valence-electron chi connectivity index (χ2n) is 2.90. The molecule has 4 nitrogen and oxygen atoms in total. The summed E-state index contributed by atoms with van der Waals surface area (Å²) in [6.07, 6.45) is 2.52. The van der Waals surface area contributed by atoms with Gasteiger partial charge in [-0.1, -0.05) is 0 Å². The van der Waals surface area contributed by atoms with Gasteiger partial charge < -0.3 is 9.47 Å². The summed E-state index contributed by atoms with van der Waals surface area (Å²) >= 11 is 8.94. The molecule has 2 rings (SSSR count). The normalized spacial score (nSPS) is 21.1. The molecule has 1 aliphatic heterocycles. The predicted octanol–water partition coefficient (Wildman–Crippen LogP) is 2.06. The molecule has 2 heterocycles. The minimum Gasteiger partial charge on any atom is -0.471 e. The number of halogens is 2. The third-order valence-electron chi connectivity index (χ3n) is 1.85. The van der Waals surface area contributed by atoms with Crippen molar-refractivity contribution in [2.45, 2.75) is 12.5 Å². The van der Waals surface area contributed by atoms with Gasteiger partial charge in [0.05, 0.1) is 17.7 Å². The van der Waals surface area contributed by atoms with Gasteiger partial charge in [0, 0.05) is 12.6 Å². The number of aromatic nitrogens is 2. The van der Waals surface area contributed by atoms with Crippen LogP contribution in [0, 0.1) is 0 Å². The fraction of sp³-hybridized carbons (Fsp3) is 0.500. The molecule has 6 heteroatoms. The van der Waals surface area contributed by atoms with E-state index in [4.69, 9.17) is 21.1 Å². The lowest BCUT2D eigenvalue weighted by atomic mass is 10.3. The molecule has 1 aliphatic rings. The zero-order chi connectivity index (χ0) is 9.97. The van der Waals surface area contributed by atoms with Gasteiger partial charge in [-0.05, 0) is 27.5 Å². The smallest absolute Gasteiger partial charge is 0.232 e. The van der Waals surface area contributed by atoms with Crippen molar-refractivity contribution < 1.29 is 9.47 Å². The first-order valence-electron chi connectivity index (χ1n) is 4.18. The van der Waals surface area contributed by atoms with Crippen molar-refractivity contribution in [3.05, 3.63) is 16.0 Å². The van der Waals surface area contributed by atoms with Crippen LogP contribution >= 0.6 is 27.5 Å². The summed E-state index contributed by atoms with van der Waals surface area (Å²) in [5.74, 6) is 0.473. The van der Waals surface area contributed by atoms with E-state index in [1.807, 2.05) is 0 Å². The minimum absolute atomic E-state index is 0.0669. The SMILES string of the molecule is Clc1ncc(Br)c(OC2CCOC2)n1. The molecule has 1 aromatic rings. The van der Waals surface area contributed by atoms with Crippen LogP contribution in [-0.4, -0.2) is 29.3 Å². The highest BCUT2D eigenvalue weighted by Crippen LogP contribution is 2.24. The Labute approximate surface area is 94.7 Å². The molecule has 1 saturated heterocycles. The minimum atomic E-state index is 0.0669. The van der Waals surface area contributed by atoms with Crippen molar-refractivity contribution in [2.24, 2.45) is 0 Å². The van der Waals surface area contributed by atoms with Crippen LogP contribution in [0.3, 0.4) is 0 Å². The summed E-state index contributed by atoms with van der Waals surface area (Å²) in [6.45, 7) is 1.34. The summed E-state index contributed by atoms with van der Waals surface area (Å²) in [5, 5.41) is 0.183. The summed E-state index contributed by atoms with van der Waals surface area (Å²) in [5.41, 5.74) is 0. The third kappa shape index (κ3) is 2.34. The molecule has 0 radical (unpaired) electrons. The van der Waals surface area contributed by atoms with E-state index in [1.54, 1.807) is 6.20 Å². The Hall–Kier alpha value is -0.390. The molecule has 1 unspecified atom stereocenters. The van der Waals surface area contributed by atoms with E-state index in [1.165, 1.54) is 0 Å². The van der Waals surface area contributed by atoms with Crippen molar-refractivity contribution in [3.63, 3.8) is 0 Å². The van der Waals surface area contributed by atoms with Gasteiger partial charge in [-0.25, -0.2) is 4.98 Å². The van der Waals surface area contributed by atoms with Crippen LogP contribution in [0.25, 0.3) is 0 Å². The van der Waals surface area contributed by atoms with Gasteiger partial charge in [0.2, 0.25) is 11.2 Å². The highest BCUT2D eigenvalue weighted by atomic mass is 79.9. The van der Waals surface area contributed by atoms with Gasteiger partial charge >= 0.3 is 0 Å². The molecular formula is C8H8BrClN2O2. The number of hydrogen-bond acceptors (Lipinski definition) is 4. The van der Waals surface area contributed by atoms with Crippen LogP contribution in [0.15, 0.2) is 10.7 Å². The molecule has 1 atom stereocenters. The second-order valence-corrected chi connectivity index (χ2v) is 4.09. The van der Waals surface area contributed by atoms with E-state index in [9.17, 15) is 0 Å². The largest absolute Gasteiger partial charge is 0.471 e. The predicted molar refractivity (Wildman–Crippen MR) is 54.6 cm³/mol. The lowest BCUT2D eigenvalue weighted by molar-refractivity contribution is 0.137.